The van der Waals surface area contributed by atoms with Gasteiger partial charge in [-0.1, -0.05) is 37.6 Å². The number of hydrogen-bond donors (Lipinski definition) is 1. The summed E-state index contributed by atoms with van der Waals surface area (Å²) in [6, 6.07) is 15.2. The summed E-state index contributed by atoms with van der Waals surface area (Å²) < 4.78 is 11.0. The first-order valence-electron chi connectivity index (χ1n) is 10.4. The van der Waals surface area contributed by atoms with Crippen LogP contribution in [0.4, 0.5) is 5.69 Å². The van der Waals surface area contributed by atoms with E-state index in [1.165, 1.54) is 18.3 Å². The Labute approximate surface area is 186 Å². The number of aliphatic hydroxyl groups excluding tert-OH is 1. The van der Waals surface area contributed by atoms with E-state index in [0.717, 1.165) is 11.1 Å². The third kappa shape index (κ3) is 3.58. The molecule has 1 aromatic heterocycles. The van der Waals surface area contributed by atoms with E-state index in [1.807, 2.05) is 37.3 Å². The number of ether oxygens (including phenoxy) is 1. The summed E-state index contributed by atoms with van der Waals surface area (Å²) in [5, 5.41) is 11.3. The predicted octanol–water partition coefficient (Wildman–Crippen LogP) is 5.35. The van der Waals surface area contributed by atoms with Crippen LogP contribution >= 0.6 is 0 Å². The van der Waals surface area contributed by atoms with Crippen molar-refractivity contribution in [2.45, 2.75) is 32.7 Å². The van der Waals surface area contributed by atoms with Crippen LogP contribution in [0.15, 0.2) is 70.9 Å². The molecular weight excluding hydrogens is 406 g/mol. The van der Waals surface area contributed by atoms with E-state index in [0.29, 0.717) is 28.7 Å². The van der Waals surface area contributed by atoms with Gasteiger partial charge in [-0.05, 0) is 54.8 Å². The third-order valence-electron chi connectivity index (χ3n) is 5.71. The van der Waals surface area contributed by atoms with Gasteiger partial charge in [0.25, 0.3) is 11.7 Å². The first kappa shape index (κ1) is 21.4. The molecule has 4 rings (SSSR count). The van der Waals surface area contributed by atoms with E-state index in [1.54, 1.807) is 24.3 Å². The maximum Gasteiger partial charge on any atom is 0.300 e. The second kappa shape index (κ2) is 8.38. The summed E-state index contributed by atoms with van der Waals surface area (Å²) in [4.78, 5) is 27.7. The van der Waals surface area contributed by atoms with Gasteiger partial charge in [0.1, 0.15) is 23.3 Å². The molecule has 0 spiro atoms. The molecular formula is C26H25NO5. The lowest BCUT2D eigenvalue weighted by molar-refractivity contribution is -0.132. The number of nitrogens with zero attached hydrogens (tertiary/aromatic N) is 1. The van der Waals surface area contributed by atoms with Gasteiger partial charge in [0.15, 0.2) is 0 Å². The number of anilines is 1. The number of aryl methyl sites for hydroxylation is 1. The molecule has 1 unspecified atom stereocenters. The number of carbonyl (C=O) groups excluding carboxylic acids is 2. The molecule has 0 bridgehead atoms. The Morgan fingerprint density at radius 3 is 2.41 bits per heavy atom. The second-order valence-electron chi connectivity index (χ2n) is 8.13. The normalized spacial score (nSPS) is 17.9. The highest BCUT2D eigenvalue weighted by atomic mass is 16.5. The van der Waals surface area contributed by atoms with Crippen molar-refractivity contribution in [2.24, 2.45) is 0 Å². The summed E-state index contributed by atoms with van der Waals surface area (Å²) >= 11 is 0. The number of methoxy groups -OCH3 is 1. The van der Waals surface area contributed by atoms with Gasteiger partial charge in [0.05, 0.1) is 24.5 Å². The summed E-state index contributed by atoms with van der Waals surface area (Å²) in [7, 11) is 1.49. The largest absolute Gasteiger partial charge is 0.507 e. The molecule has 1 atom stereocenters. The fraction of sp³-hybridized carbons (Fsp3) is 0.231. The van der Waals surface area contributed by atoms with Crippen LogP contribution in [0.1, 0.15) is 48.3 Å². The fourth-order valence-electron chi connectivity index (χ4n) is 3.99. The van der Waals surface area contributed by atoms with E-state index in [-0.39, 0.29) is 11.3 Å². The smallest absolute Gasteiger partial charge is 0.300 e. The van der Waals surface area contributed by atoms with Crippen molar-refractivity contribution in [3.8, 4) is 5.75 Å². The molecule has 1 amide bonds. The number of ketones is 1. The van der Waals surface area contributed by atoms with E-state index in [9.17, 15) is 14.7 Å². The highest BCUT2D eigenvalue weighted by Gasteiger charge is 2.48. The van der Waals surface area contributed by atoms with Crippen LogP contribution in [-0.2, 0) is 9.59 Å². The maximum absolute atomic E-state index is 13.2. The highest BCUT2D eigenvalue weighted by molar-refractivity contribution is 6.51. The van der Waals surface area contributed by atoms with Crippen molar-refractivity contribution in [1.29, 1.82) is 0 Å². The highest BCUT2D eigenvalue weighted by Crippen LogP contribution is 2.43. The average Bonchev–Trinajstić information content (AvgIpc) is 3.40. The Hall–Kier alpha value is -3.80. The monoisotopic (exact) mass is 431 g/mol. The molecule has 1 fully saturated rings. The van der Waals surface area contributed by atoms with Crippen LogP contribution in [0.5, 0.6) is 5.75 Å². The number of rotatable bonds is 5. The minimum atomic E-state index is -0.903. The molecule has 0 radical (unpaired) electrons. The van der Waals surface area contributed by atoms with Crippen LogP contribution in [-0.4, -0.2) is 23.9 Å². The maximum atomic E-state index is 13.2. The van der Waals surface area contributed by atoms with Gasteiger partial charge in [-0.3, -0.25) is 14.5 Å². The van der Waals surface area contributed by atoms with E-state index >= 15 is 0 Å². The SMILES string of the molecule is COc1ccc(C)cc1/C(O)=C1/C(=O)C(=O)N(c2ccc(C(C)C)cc2)C1c1ccco1. The molecule has 3 aromatic rings. The van der Waals surface area contributed by atoms with Crippen LogP contribution < -0.4 is 9.64 Å². The Balaban J connectivity index is 1.91. The topological polar surface area (TPSA) is 80.0 Å². The number of amides is 1. The van der Waals surface area contributed by atoms with Crippen LogP contribution in [0.3, 0.4) is 0 Å². The first-order valence-corrected chi connectivity index (χ1v) is 10.4. The van der Waals surface area contributed by atoms with Gasteiger partial charge in [-0.2, -0.15) is 0 Å². The van der Waals surface area contributed by atoms with Gasteiger partial charge in [0, 0.05) is 5.69 Å². The van der Waals surface area contributed by atoms with Crippen molar-refractivity contribution >= 4 is 23.1 Å². The zero-order chi connectivity index (χ0) is 23.0. The Bertz CT molecular complexity index is 1190. The summed E-state index contributed by atoms with van der Waals surface area (Å²) in [5.74, 6) is -0.693. The molecule has 164 valence electrons. The van der Waals surface area contributed by atoms with Crippen LogP contribution in [0, 0.1) is 6.92 Å². The van der Waals surface area contributed by atoms with Crippen molar-refractivity contribution in [3.63, 3.8) is 0 Å². The van der Waals surface area contributed by atoms with Gasteiger partial charge in [-0.25, -0.2) is 0 Å². The van der Waals surface area contributed by atoms with Gasteiger partial charge >= 0.3 is 0 Å². The Kier molecular flexibility index (Phi) is 5.61. The fourth-order valence-corrected chi connectivity index (χ4v) is 3.99. The number of Topliss-reactive ketones (excluding diaryl/α,β-unsaturated/α-hetero) is 1. The standard InChI is InChI=1S/C26H25NO5/c1-15(2)17-8-10-18(11-9-17)27-23(21-6-5-13-32-21)22(25(29)26(27)30)24(28)19-14-16(3)7-12-20(19)31-4/h5-15,23,28H,1-4H3/b24-22-. The molecule has 0 saturated carbocycles. The minimum Gasteiger partial charge on any atom is -0.507 e. The van der Waals surface area contributed by atoms with E-state index < -0.39 is 17.7 Å². The molecule has 1 aliphatic heterocycles. The molecule has 1 aliphatic rings. The number of aliphatic hydroxyl groups is 1. The Morgan fingerprint density at radius 1 is 1.09 bits per heavy atom. The number of carbonyl (C=O) groups is 2. The summed E-state index contributed by atoms with van der Waals surface area (Å²) in [5.41, 5.74) is 2.84. The van der Waals surface area contributed by atoms with Crippen molar-refractivity contribution < 1.29 is 23.8 Å². The number of benzene rings is 2. The van der Waals surface area contributed by atoms with Gasteiger partial charge < -0.3 is 14.3 Å². The summed E-state index contributed by atoms with van der Waals surface area (Å²) in [6.45, 7) is 6.04. The zero-order valence-corrected chi connectivity index (χ0v) is 18.5. The van der Waals surface area contributed by atoms with Crippen molar-refractivity contribution in [1.82, 2.24) is 0 Å². The quantitative estimate of drug-likeness (QED) is 0.335. The molecule has 32 heavy (non-hydrogen) atoms. The van der Waals surface area contributed by atoms with Crippen molar-refractivity contribution in [2.75, 3.05) is 12.0 Å². The summed E-state index contributed by atoms with van der Waals surface area (Å²) in [6.07, 6.45) is 1.48. The molecule has 1 N–H and O–H groups in total. The second-order valence-corrected chi connectivity index (χ2v) is 8.13. The van der Waals surface area contributed by atoms with Crippen molar-refractivity contribution in [3.05, 3.63) is 88.9 Å². The molecule has 2 heterocycles. The van der Waals surface area contributed by atoms with Crippen LogP contribution in [0.25, 0.3) is 5.76 Å². The molecule has 6 nitrogen and oxygen atoms in total. The zero-order valence-electron chi connectivity index (χ0n) is 18.5. The lowest BCUT2D eigenvalue weighted by Gasteiger charge is -2.24. The van der Waals surface area contributed by atoms with E-state index in [4.69, 9.17) is 9.15 Å². The number of furan rings is 1. The lowest BCUT2D eigenvalue weighted by Crippen LogP contribution is -2.29. The van der Waals surface area contributed by atoms with Gasteiger partial charge in [-0.15, -0.1) is 0 Å². The van der Waals surface area contributed by atoms with Gasteiger partial charge in [0.2, 0.25) is 0 Å². The number of hydrogen-bond acceptors (Lipinski definition) is 5. The molecule has 6 heteroatoms. The average molecular weight is 431 g/mol. The minimum absolute atomic E-state index is 0.0400. The van der Waals surface area contributed by atoms with E-state index in [2.05, 4.69) is 13.8 Å². The van der Waals surface area contributed by atoms with Crippen LogP contribution in [0.2, 0.25) is 0 Å². The molecule has 2 aromatic carbocycles. The lowest BCUT2D eigenvalue weighted by atomic mass is 9.97. The molecule has 1 saturated heterocycles. The third-order valence-corrected chi connectivity index (χ3v) is 5.71. The first-order chi connectivity index (χ1) is 15.3. The Morgan fingerprint density at radius 2 is 1.81 bits per heavy atom. The predicted molar refractivity (Wildman–Crippen MR) is 122 cm³/mol. The molecule has 0 aliphatic carbocycles.